The zero-order valence-corrected chi connectivity index (χ0v) is 12.2. The first kappa shape index (κ1) is 15.4. The molecule has 5 nitrogen and oxygen atoms in total. The lowest BCUT2D eigenvalue weighted by atomic mass is 10.2. The van der Waals surface area contributed by atoms with Gasteiger partial charge in [0, 0.05) is 30.1 Å². The van der Waals surface area contributed by atoms with Crippen LogP contribution in [0.1, 0.15) is 12.8 Å². The normalized spacial score (nSPS) is 18.1. The van der Waals surface area contributed by atoms with E-state index in [2.05, 4.69) is 10.6 Å². The maximum absolute atomic E-state index is 12.0. The second-order valence-corrected chi connectivity index (χ2v) is 5.11. The lowest BCUT2D eigenvalue weighted by Crippen LogP contribution is -2.24. The summed E-state index contributed by atoms with van der Waals surface area (Å²) in [6.07, 6.45) is 3.62. The molecular formula is C15H16ClN3O2. The maximum atomic E-state index is 12.0. The smallest absolute Gasteiger partial charge is 0.267 e. The van der Waals surface area contributed by atoms with E-state index in [0.29, 0.717) is 17.3 Å². The number of halogens is 1. The number of hydrogen-bond donors (Lipinski definition) is 2. The van der Waals surface area contributed by atoms with Crippen LogP contribution in [0.4, 0.5) is 5.69 Å². The standard InChI is InChI=1S/C15H16ClN3O2/c16-12-3-1-4-13(7-12)19-15(20)11(8-17)9-18-10-14-5-2-6-21-14/h1,3-4,7,9,14,18H,2,5-6,10H2,(H,19,20)/b11-9-. The third-order valence-electron chi connectivity index (χ3n) is 3.06. The summed E-state index contributed by atoms with van der Waals surface area (Å²) in [7, 11) is 0. The Morgan fingerprint density at radius 2 is 2.43 bits per heavy atom. The van der Waals surface area contributed by atoms with Gasteiger partial charge in [0.05, 0.1) is 6.10 Å². The van der Waals surface area contributed by atoms with Gasteiger partial charge < -0.3 is 15.4 Å². The van der Waals surface area contributed by atoms with Crippen LogP contribution in [0.3, 0.4) is 0 Å². The lowest BCUT2D eigenvalue weighted by Gasteiger charge is -2.09. The van der Waals surface area contributed by atoms with Gasteiger partial charge >= 0.3 is 0 Å². The lowest BCUT2D eigenvalue weighted by molar-refractivity contribution is -0.112. The summed E-state index contributed by atoms with van der Waals surface area (Å²) in [6.45, 7) is 1.37. The quantitative estimate of drug-likeness (QED) is 0.647. The van der Waals surface area contributed by atoms with Crippen molar-refractivity contribution in [1.29, 1.82) is 5.26 Å². The van der Waals surface area contributed by atoms with Gasteiger partial charge in [-0.05, 0) is 31.0 Å². The van der Waals surface area contributed by atoms with Crippen LogP contribution < -0.4 is 10.6 Å². The van der Waals surface area contributed by atoms with E-state index in [9.17, 15) is 4.79 Å². The van der Waals surface area contributed by atoms with Crippen molar-refractivity contribution in [1.82, 2.24) is 5.32 Å². The Kier molecular flexibility index (Phi) is 5.61. The molecule has 2 N–H and O–H groups in total. The van der Waals surface area contributed by atoms with E-state index >= 15 is 0 Å². The largest absolute Gasteiger partial charge is 0.387 e. The molecule has 1 saturated heterocycles. The molecule has 0 radical (unpaired) electrons. The molecule has 6 heteroatoms. The fourth-order valence-corrected chi connectivity index (χ4v) is 2.20. The number of carbonyl (C=O) groups excluding carboxylic acids is 1. The number of rotatable bonds is 5. The Morgan fingerprint density at radius 1 is 1.57 bits per heavy atom. The molecule has 0 saturated carbocycles. The molecule has 0 spiro atoms. The number of nitriles is 1. The monoisotopic (exact) mass is 305 g/mol. The van der Waals surface area contributed by atoms with E-state index in [1.165, 1.54) is 6.20 Å². The molecule has 1 aromatic rings. The van der Waals surface area contributed by atoms with Crippen LogP contribution in [0.15, 0.2) is 36.0 Å². The van der Waals surface area contributed by atoms with Crippen molar-refractivity contribution in [2.45, 2.75) is 18.9 Å². The van der Waals surface area contributed by atoms with E-state index in [1.807, 2.05) is 6.07 Å². The number of anilines is 1. The highest BCUT2D eigenvalue weighted by atomic mass is 35.5. The number of ether oxygens (including phenoxy) is 1. The first-order valence-corrected chi connectivity index (χ1v) is 7.09. The van der Waals surface area contributed by atoms with Crippen molar-refractivity contribution in [2.24, 2.45) is 0 Å². The number of benzene rings is 1. The number of nitrogens with one attached hydrogen (secondary N) is 2. The van der Waals surface area contributed by atoms with Crippen LogP contribution in [0, 0.1) is 11.3 Å². The summed E-state index contributed by atoms with van der Waals surface area (Å²) in [4.78, 5) is 12.0. The minimum absolute atomic E-state index is 0.00738. The highest BCUT2D eigenvalue weighted by Crippen LogP contribution is 2.15. The number of hydrogen-bond acceptors (Lipinski definition) is 4. The molecule has 1 aromatic carbocycles. The molecule has 1 atom stereocenters. The van der Waals surface area contributed by atoms with E-state index in [4.69, 9.17) is 21.6 Å². The average molecular weight is 306 g/mol. The molecule has 0 aliphatic carbocycles. The molecule has 110 valence electrons. The Bertz CT molecular complexity index is 575. The van der Waals surface area contributed by atoms with Gasteiger partial charge in [-0.2, -0.15) is 5.26 Å². The van der Waals surface area contributed by atoms with Gasteiger partial charge in [-0.25, -0.2) is 0 Å². The Balaban J connectivity index is 1.90. The third-order valence-corrected chi connectivity index (χ3v) is 3.30. The Labute approximate surface area is 128 Å². The van der Waals surface area contributed by atoms with Gasteiger partial charge in [-0.3, -0.25) is 4.79 Å². The Hall–Kier alpha value is -2.03. The molecule has 1 amide bonds. The van der Waals surface area contributed by atoms with Crippen molar-refractivity contribution in [3.8, 4) is 6.07 Å². The van der Waals surface area contributed by atoms with E-state index < -0.39 is 5.91 Å². The predicted octanol–water partition coefficient (Wildman–Crippen LogP) is 2.45. The van der Waals surface area contributed by atoms with Crippen LogP contribution in [-0.2, 0) is 9.53 Å². The van der Waals surface area contributed by atoms with Crippen LogP contribution in [0.25, 0.3) is 0 Å². The second kappa shape index (κ2) is 7.67. The first-order valence-electron chi connectivity index (χ1n) is 6.71. The van der Waals surface area contributed by atoms with Gasteiger partial charge in [-0.1, -0.05) is 17.7 Å². The highest BCUT2D eigenvalue weighted by Gasteiger charge is 2.15. The van der Waals surface area contributed by atoms with Gasteiger partial charge in [0.2, 0.25) is 0 Å². The molecule has 2 rings (SSSR count). The van der Waals surface area contributed by atoms with Crippen molar-refractivity contribution < 1.29 is 9.53 Å². The SMILES string of the molecule is N#C/C(=C/NCC1CCCO1)C(=O)Nc1cccc(Cl)c1. The molecule has 1 fully saturated rings. The van der Waals surface area contributed by atoms with Gasteiger partial charge in [0.15, 0.2) is 0 Å². The summed E-state index contributed by atoms with van der Waals surface area (Å²) < 4.78 is 5.45. The number of carbonyl (C=O) groups is 1. The molecule has 0 bridgehead atoms. The summed E-state index contributed by atoms with van der Waals surface area (Å²) in [5.41, 5.74) is 0.556. The molecule has 0 aromatic heterocycles. The summed E-state index contributed by atoms with van der Waals surface area (Å²) in [6, 6.07) is 8.64. The molecule has 1 heterocycles. The van der Waals surface area contributed by atoms with Crippen LogP contribution >= 0.6 is 11.6 Å². The summed E-state index contributed by atoms with van der Waals surface area (Å²) in [5, 5.41) is 15.2. The van der Waals surface area contributed by atoms with Crippen LogP contribution in [0.2, 0.25) is 5.02 Å². The third kappa shape index (κ3) is 4.78. The van der Waals surface area contributed by atoms with Crippen molar-refractivity contribution in [3.05, 3.63) is 41.1 Å². The van der Waals surface area contributed by atoms with E-state index in [-0.39, 0.29) is 11.7 Å². The Morgan fingerprint density at radius 3 is 3.10 bits per heavy atom. The summed E-state index contributed by atoms with van der Waals surface area (Å²) in [5.74, 6) is -0.473. The van der Waals surface area contributed by atoms with Crippen LogP contribution in [0.5, 0.6) is 0 Å². The maximum Gasteiger partial charge on any atom is 0.267 e. The van der Waals surface area contributed by atoms with E-state index in [0.717, 1.165) is 19.4 Å². The van der Waals surface area contributed by atoms with Gasteiger partial charge in [-0.15, -0.1) is 0 Å². The van der Waals surface area contributed by atoms with Gasteiger partial charge in [0.25, 0.3) is 5.91 Å². The first-order chi connectivity index (χ1) is 10.2. The summed E-state index contributed by atoms with van der Waals surface area (Å²) >= 11 is 5.84. The topological polar surface area (TPSA) is 74.1 Å². The predicted molar refractivity (Wildman–Crippen MR) is 80.8 cm³/mol. The minimum Gasteiger partial charge on any atom is -0.387 e. The fraction of sp³-hybridized carbons (Fsp3) is 0.333. The molecule has 1 aliphatic rings. The zero-order chi connectivity index (χ0) is 15.1. The second-order valence-electron chi connectivity index (χ2n) is 4.68. The van der Waals surface area contributed by atoms with E-state index in [1.54, 1.807) is 24.3 Å². The molecule has 21 heavy (non-hydrogen) atoms. The van der Waals surface area contributed by atoms with Crippen molar-refractivity contribution in [3.63, 3.8) is 0 Å². The van der Waals surface area contributed by atoms with Crippen molar-refractivity contribution in [2.75, 3.05) is 18.5 Å². The molecular weight excluding hydrogens is 290 g/mol. The molecule has 1 aliphatic heterocycles. The zero-order valence-electron chi connectivity index (χ0n) is 11.4. The van der Waals surface area contributed by atoms with Crippen molar-refractivity contribution >= 4 is 23.2 Å². The van der Waals surface area contributed by atoms with Crippen LogP contribution in [-0.4, -0.2) is 25.2 Å². The number of amides is 1. The minimum atomic E-state index is -0.473. The highest BCUT2D eigenvalue weighted by molar-refractivity contribution is 6.31. The van der Waals surface area contributed by atoms with Gasteiger partial charge in [0.1, 0.15) is 11.6 Å². The molecule has 1 unspecified atom stereocenters. The fourth-order valence-electron chi connectivity index (χ4n) is 2.01. The number of nitrogens with zero attached hydrogens (tertiary/aromatic N) is 1. The average Bonchev–Trinajstić information content (AvgIpc) is 2.96.